The van der Waals surface area contributed by atoms with Crippen molar-refractivity contribution in [2.45, 2.75) is 6.54 Å². The van der Waals surface area contributed by atoms with Crippen LogP contribution in [0.4, 0.5) is 5.69 Å². The number of amidine groups is 1. The molecule has 1 aliphatic heterocycles. The summed E-state index contributed by atoms with van der Waals surface area (Å²) in [4.78, 5) is 31.4. The van der Waals surface area contributed by atoms with Crippen LogP contribution in [0, 0.1) is 0 Å². The molecule has 34 heavy (non-hydrogen) atoms. The molecule has 0 bridgehead atoms. The van der Waals surface area contributed by atoms with Crippen LogP contribution in [0.15, 0.2) is 81.2 Å². The van der Waals surface area contributed by atoms with E-state index in [-0.39, 0.29) is 19.1 Å². The minimum atomic E-state index is -0.497. The van der Waals surface area contributed by atoms with E-state index in [0.717, 1.165) is 11.3 Å². The monoisotopic (exact) mass is 478 g/mol. The molecule has 9 heteroatoms. The highest BCUT2D eigenvalue weighted by molar-refractivity contribution is 8.18. The number of esters is 1. The lowest BCUT2D eigenvalue weighted by Gasteiger charge is -2.13. The van der Waals surface area contributed by atoms with Gasteiger partial charge in [-0.25, -0.2) is 9.79 Å². The highest BCUT2D eigenvalue weighted by Gasteiger charge is 2.34. The SMILES string of the molecule is COC(=O)COc1ccc(/C=C2\SC(=Nc3ccccc3)N(Cc3ccco3)C2=O)cc1OC. The highest BCUT2D eigenvalue weighted by atomic mass is 32.2. The molecule has 1 amide bonds. The van der Waals surface area contributed by atoms with Crippen LogP contribution in [0.25, 0.3) is 6.08 Å². The normalized spacial score (nSPS) is 15.7. The first-order valence-corrected chi connectivity index (χ1v) is 11.1. The fourth-order valence-corrected chi connectivity index (χ4v) is 4.14. The number of benzene rings is 2. The molecule has 0 N–H and O–H groups in total. The lowest BCUT2D eigenvalue weighted by Crippen LogP contribution is -2.28. The number of methoxy groups -OCH3 is 2. The van der Waals surface area contributed by atoms with Crippen molar-refractivity contribution in [1.29, 1.82) is 0 Å². The van der Waals surface area contributed by atoms with E-state index in [0.29, 0.717) is 27.3 Å². The number of para-hydroxylation sites is 1. The van der Waals surface area contributed by atoms with Gasteiger partial charge in [-0.3, -0.25) is 9.69 Å². The Kier molecular flexibility index (Phi) is 7.34. The van der Waals surface area contributed by atoms with Gasteiger partial charge in [0, 0.05) is 0 Å². The van der Waals surface area contributed by atoms with Gasteiger partial charge in [0.15, 0.2) is 23.3 Å². The Morgan fingerprint density at radius 1 is 1.09 bits per heavy atom. The third-order valence-electron chi connectivity index (χ3n) is 4.82. The van der Waals surface area contributed by atoms with Crippen molar-refractivity contribution in [3.63, 3.8) is 0 Å². The molecule has 8 nitrogen and oxygen atoms in total. The summed E-state index contributed by atoms with van der Waals surface area (Å²) in [6.07, 6.45) is 3.34. The lowest BCUT2D eigenvalue weighted by molar-refractivity contribution is -0.142. The fraction of sp³-hybridized carbons (Fsp3) is 0.160. The number of carbonyl (C=O) groups is 2. The van der Waals surface area contributed by atoms with Crippen molar-refractivity contribution in [3.8, 4) is 11.5 Å². The standard InChI is InChI=1S/C25H22N2O6S/c1-30-21-13-17(10-11-20(21)33-16-23(28)31-2)14-22-24(29)27(15-19-9-6-12-32-19)25(34-22)26-18-7-4-3-5-8-18/h3-14H,15-16H2,1-2H3/b22-14-,26-25?. The number of thioether (sulfide) groups is 1. The van der Waals surface area contributed by atoms with E-state index in [1.807, 2.05) is 36.4 Å². The number of hydrogen-bond acceptors (Lipinski definition) is 8. The lowest BCUT2D eigenvalue weighted by atomic mass is 10.2. The number of ether oxygens (including phenoxy) is 3. The summed E-state index contributed by atoms with van der Waals surface area (Å²) >= 11 is 1.29. The van der Waals surface area contributed by atoms with E-state index in [1.54, 1.807) is 41.5 Å². The maximum absolute atomic E-state index is 13.3. The molecule has 0 atom stereocenters. The smallest absolute Gasteiger partial charge is 0.343 e. The molecule has 1 saturated heterocycles. The van der Waals surface area contributed by atoms with Crippen LogP contribution in [-0.4, -0.2) is 42.8 Å². The van der Waals surface area contributed by atoms with Crippen LogP contribution in [0.1, 0.15) is 11.3 Å². The summed E-state index contributed by atoms with van der Waals surface area (Å²) in [6.45, 7) is 0.0359. The molecular formula is C25H22N2O6S. The van der Waals surface area contributed by atoms with Crippen molar-refractivity contribution < 1.29 is 28.2 Å². The second-order valence-electron chi connectivity index (χ2n) is 7.09. The molecule has 0 radical (unpaired) electrons. The topological polar surface area (TPSA) is 90.6 Å². The Hall–Kier alpha value is -3.98. The third-order valence-corrected chi connectivity index (χ3v) is 5.83. The number of amides is 1. The van der Waals surface area contributed by atoms with Gasteiger partial charge in [-0.1, -0.05) is 24.3 Å². The quantitative estimate of drug-likeness (QED) is 0.344. The molecule has 0 aliphatic carbocycles. The second kappa shape index (κ2) is 10.8. The first-order chi connectivity index (χ1) is 16.6. The van der Waals surface area contributed by atoms with Crippen LogP contribution in [-0.2, 0) is 20.9 Å². The van der Waals surface area contributed by atoms with Crippen molar-refractivity contribution in [1.82, 2.24) is 4.90 Å². The van der Waals surface area contributed by atoms with Gasteiger partial charge in [0.1, 0.15) is 5.76 Å². The van der Waals surface area contributed by atoms with Crippen LogP contribution < -0.4 is 9.47 Å². The Morgan fingerprint density at radius 2 is 1.91 bits per heavy atom. The molecule has 0 unspecified atom stereocenters. The van der Waals surface area contributed by atoms with Gasteiger partial charge < -0.3 is 18.6 Å². The average Bonchev–Trinajstić information content (AvgIpc) is 3.48. The number of rotatable bonds is 8. The van der Waals surface area contributed by atoms with Crippen molar-refractivity contribution in [2.75, 3.05) is 20.8 Å². The van der Waals surface area contributed by atoms with E-state index in [9.17, 15) is 9.59 Å². The number of hydrogen-bond donors (Lipinski definition) is 0. The number of carbonyl (C=O) groups excluding carboxylic acids is 2. The zero-order valence-electron chi connectivity index (χ0n) is 18.6. The Bertz CT molecular complexity index is 1220. The van der Waals surface area contributed by atoms with Crippen molar-refractivity contribution in [2.24, 2.45) is 4.99 Å². The predicted octanol–water partition coefficient (Wildman–Crippen LogP) is 4.64. The van der Waals surface area contributed by atoms with Crippen molar-refractivity contribution >= 4 is 40.6 Å². The molecule has 2 aromatic carbocycles. The minimum Gasteiger partial charge on any atom is -0.493 e. The number of furan rings is 1. The van der Waals surface area contributed by atoms with Gasteiger partial charge in [-0.15, -0.1) is 0 Å². The van der Waals surface area contributed by atoms with Crippen LogP contribution in [0.5, 0.6) is 11.5 Å². The summed E-state index contributed by atoms with van der Waals surface area (Å²) in [7, 11) is 2.79. The van der Waals surface area contributed by atoms with Gasteiger partial charge in [-0.05, 0) is 59.8 Å². The van der Waals surface area contributed by atoms with Crippen LogP contribution in [0.2, 0.25) is 0 Å². The molecule has 3 aromatic rings. The summed E-state index contributed by atoms with van der Waals surface area (Å²) in [5.74, 6) is 0.805. The Balaban J connectivity index is 1.61. The summed E-state index contributed by atoms with van der Waals surface area (Å²) in [5.41, 5.74) is 1.48. The van der Waals surface area contributed by atoms with E-state index in [2.05, 4.69) is 9.73 Å². The van der Waals surface area contributed by atoms with Crippen LogP contribution >= 0.6 is 11.8 Å². The van der Waals surface area contributed by atoms with Crippen LogP contribution in [0.3, 0.4) is 0 Å². The maximum Gasteiger partial charge on any atom is 0.343 e. The Morgan fingerprint density at radius 3 is 2.62 bits per heavy atom. The first kappa shape index (κ1) is 23.2. The van der Waals surface area contributed by atoms with Gasteiger partial charge in [-0.2, -0.15) is 0 Å². The van der Waals surface area contributed by atoms with E-state index in [4.69, 9.17) is 13.9 Å². The summed E-state index contributed by atoms with van der Waals surface area (Å²) in [5, 5.41) is 0.559. The van der Waals surface area contributed by atoms with Gasteiger partial charge in [0.25, 0.3) is 5.91 Å². The summed E-state index contributed by atoms with van der Waals surface area (Å²) in [6, 6.07) is 18.2. The van der Waals surface area contributed by atoms with Crippen molar-refractivity contribution in [3.05, 3.63) is 83.2 Å². The summed E-state index contributed by atoms with van der Waals surface area (Å²) < 4.78 is 20.9. The minimum absolute atomic E-state index is 0.180. The fourth-order valence-electron chi connectivity index (χ4n) is 3.14. The molecule has 1 aliphatic rings. The molecule has 2 heterocycles. The molecule has 1 aromatic heterocycles. The largest absolute Gasteiger partial charge is 0.493 e. The molecular weight excluding hydrogens is 456 g/mol. The molecule has 174 valence electrons. The van der Waals surface area contributed by atoms with Gasteiger partial charge in [0.05, 0.1) is 37.6 Å². The van der Waals surface area contributed by atoms with Gasteiger partial charge >= 0.3 is 5.97 Å². The predicted molar refractivity (Wildman–Crippen MR) is 129 cm³/mol. The molecule has 1 fully saturated rings. The second-order valence-corrected chi connectivity index (χ2v) is 8.10. The highest BCUT2D eigenvalue weighted by Crippen LogP contribution is 2.36. The average molecular weight is 479 g/mol. The Labute approximate surface area is 200 Å². The van der Waals surface area contributed by atoms with Gasteiger partial charge in [0.2, 0.25) is 0 Å². The third kappa shape index (κ3) is 5.49. The number of aliphatic imine (C=N–C) groups is 1. The molecule has 0 spiro atoms. The van der Waals surface area contributed by atoms with E-state index < -0.39 is 5.97 Å². The first-order valence-electron chi connectivity index (χ1n) is 10.3. The molecule has 0 saturated carbocycles. The van der Waals surface area contributed by atoms with E-state index in [1.165, 1.54) is 26.0 Å². The zero-order chi connectivity index (χ0) is 23.9. The van der Waals surface area contributed by atoms with E-state index >= 15 is 0 Å². The number of nitrogens with zero attached hydrogens (tertiary/aromatic N) is 2. The molecule has 4 rings (SSSR count). The maximum atomic E-state index is 13.3. The zero-order valence-corrected chi connectivity index (χ0v) is 19.4.